The molecule has 2 aromatic carbocycles. The van der Waals surface area contributed by atoms with Gasteiger partial charge < -0.3 is 5.73 Å². The topological polar surface area (TPSA) is 69.6 Å². The van der Waals surface area contributed by atoms with E-state index in [1.54, 1.807) is 36.4 Å². The Balaban J connectivity index is 2.18. The molecule has 0 aliphatic rings. The summed E-state index contributed by atoms with van der Waals surface area (Å²) in [4.78, 5) is 0. The number of hydrogen-bond donors (Lipinski definition) is 1. The van der Waals surface area contributed by atoms with Crippen LogP contribution in [0.25, 0.3) is 17.1 Å². The van der Waals surface area contributed by atoms with E-state index >= 15 is 0 Å². The van der Waals surface area contributed by atoms with Gasteiger partial charge in [0.25, 0.3) is 0 Å². The first kappa shape index (κ1) is 12.7. The molecule has 0 atom stereocenters. The zero-order chi connectivity index (χ0) is 14.1. The number of aromatic nitrogens is 4. The molecular formula is C13H9BrFN5. The number of anilines is 1. The molecule has 2 N–H and O–H groups in total. The fraction of sp³-hybridized carbons (Fsp3) is 0. The van der Waals surface area contributed by atoms with E-state index in [0.717, 1.165) is 5.56 Å². The van der Waals surface area contributed by atoms with Crippen molar-refractivity contribution in [1.29, 1.82) is 0 Å². The highest BCUT2D eigenvalue weighted by Gasteiger charge is 2.16. The molecule has 0 aliphatic carbocycles. The summed E-state index contributed by atoms with van der Waals surface area (Å²) in [6.07, 6.45) is 0. The Morgan fingerprint density at radius 2 is 1.85 bits per heavy atom. The van der Waals surface area contributed by atoms with Crippen LogP contribution >= 0.6 is 15.9 Å². The van der Waals surface area contributed by atoms with Crippen molar-refractivity contribution in [3.8, 4) is 17.1 Å². The van der Waals surface area contributed by atoms with E-state index in [-0.39, 0.29) is 5.69 Å². The normalized spacial score (nSPS) is 10.7. The lowest BCUT2D eigenvalue weighted by Gasteiger charge is -2.08. The molecule has 3 aromatic rings. The van der Waals surface area contributed by atoms with Crippen LogP contribution in [-0.2, 0) is 0 Å². The molecule has 5 nitrogen and oxygen atoms in total. The van der Waals surface area contributed by atoms with Crippen LogP contribution in [0.2, 0.25) is 0 Å². The molecule has 1 heterocycles. The number of rotatable bonds is 2. The first-order chi connectivity index (χ1) is 9.66. The molecule has 0 amide bonds. The quantitative estimate of drug-likeness (QED) is 0.732. The third kappa shape index (κ3) is 2.16. The highest BCUT2D eigenvalue weighted by molar-refractivity contribution is 9.10. The minimum atomic E-state index is -0.414. The van der Waals surface area contributed by atoms with E-state index in [2.05, 4.69) is 31.5 Å². The van der Waals surface area contributed by atoms with Crippen LogP contribution in [-0.4, -0.2) is 20.2 Å². The summed E-state index contributed by atoms with van der Waals surface area (Å²) in [5.74, 6) is 0.0270. The van der Waals surface area contributed by atoms with Crippen LogP contribution in [0.5, 0.6) is 0 Å². The van der Waals surface area contributed by atoms with Crippen LogP contribution < -0.4 is 5.73 Å². The zero-order valence-electron chi connectivity index (χ0n) is 10.2. The van der Waals surface area contributed by atoms with Gasteiger partial charge in [-0.1, -0.05) is 6.07 Å². The molecule has 0 unspecified atom stereocenters. The number of para-hydroxylation sites is 1. The molecule has 0 aliphatic heterocycles. The summed E-state index contributed by atoms with van der Waals surface area (Å²) in [7, 11) is 0. The molecule has 7 heteroatoms. The summed E-state index contributed by atoms with van der Waals surface area (Å²) in [5.41, 5.74) is 7.31. The SMILES string of the molecule is Nc1ccc(-c2nnnn2-c2c(F)cccc2Br)cc1. The summed E-state index contributed by atoms with van der Waals surface area (Å²) in [6.45, 7) is 0. The standard InChI is InChI=1S/C13H9BrFN5/c14-10-2-1-3-11(15)12(10)20-13(17-18-19-20)8-4-6-9(16)7-5-8/h1-7H,16H2. The Morgan fingerprint density at radius 1 is 1.10 bits per heavy atom. The van der Waals surface area contributed by atoms with Crippen LogP contribution in [0.4, 0.5) is 10.1 Å². The number of halogens is 2. The van der Waals surface area contributed by atoms with Crippen molar-refractivity contribution >= 4 is 21.6 Å². The fourth-order valence-electron chi connectivity index (χ4n) is 1.84. The summed E-state index contributed by atoms with van der Waals surface area (Å²) in [6, 6.07) is 11.7. The largest absolute Gasteiger partial charge is 0.399 e. The van der Waals surface area contributed by atoms with E-state index in [4.69, 9.17) is 5.73 Å². The van der Waals surface area contributed by atoms with Gasteiger partial charge in [-0.05, 0) is 62.8 Å². The second-order valence-electron chi connectivity index (χ2n) is 4.11. The maximum Gasteiger partial charge on any atom is 0.187 e. The van der Waals surface area contributed by atoms with Crippen molar-refractivity contribution in [2.24, 2.45) is 0 Å². The average molecular weight is 334 g/mol. The lowest BCUT2D eigenvalue weighted by molar-refractivity contribution is 0.606. The van der Waals surface area contributed by atoms with Crippen molar-refractivity contribution < 1.29 is 4.39 Å². The van der Waals surface area contributed by atoms with E-state index in [9.17, 15) is 4.39 Å². The molecule has 0 spiro atoms. The maximum atomic E-state index is 14.0. The van der Waals surface area contributed by atoms with Gasteiger partial charge in [0.05, 0.1) is 0 Å². The minimum absolute atomic E-state index is 0.268. The minimum Gasteiger partial charge on any atom is -0.399 e. The number of benzene rings is 2. The summed E-state index contributed by atoms with van der Waals surface area (Å²) in [5, 5.41) is 11.4. The van der Waals surface area contributed by atoms with Gasteiger partial charge >= 0.3 is 0 Å². The smallest absolute Gasteiger partial charge is 0.187 e. The fourth-order valence-corrected chi connectivity index (χ4v) is 2.35. The van der Waals surface area contributed by atoms with Crippen molar-refractivity contribution in [3.05, 3.63) is 52.8 Å². The Bertz CT molecular complexity index is 733. The number of nitrogens with two attached hydrogens (primary N) is 1. The monoisotopic (exact) mass is 333 g/mol. The van der Waals surface area contributed by atoms with Crippen molar-refractivity contribution in [1.82, 2.24) is 20.2 Å². The molecule has 0 saturated carbocycles. The second-order valence-corrected chi connectivity index (χ2v) is 4.96. The first-order valence-electron chi connectivity index (χ1n) is 5.75. The molecule has 20 heavy (non-hydrogen) atoms. The summed E-state index contributed by atoms with van der Waals surface area (Å²) >= 11 is 3.31. The van der Waals surface area contributed by atoms with Crippen LogP contribution in [0.3, 0.4) is 0 Å². The van der Waals surface area contributed by atoms with Crippen molar-refractivity contribution in [2.45, 2.75) is 0 Å². The zero-order valence-corrected chi connectivity index (χ0v) is 11.7. The predicted octanol–water partition coefficient (Wildman–Crippen LogP) is 2.81. The van der Waals surface area contributed by atoms with Crippen LogP contribution in [0.15, 0.2) is 46.9 Å². The highest BCUT2D eigenvalue weighted by Crippen LogP contribution is 2.27. The van der Waals surface area contributed by atoms with Gasteiger partial charge in [0.2, 0.25) is 0 Å². The second kappa shape index (κ2) is 5.01. The Hall–Kier alpha value is -2.28. The van der Waals surface area contributed by atoms with Gasteiger partial charge in [-0.2, -0.15) is 4.68 Å². The Kier molecular flexibility index (Phi) is 3.19. The molecule has 0 fully saturated rings. The maximum absolute atomic E-state index is 14.0. The third-order valence-electron chi connectivity index (χ3n) is 2.79. The van der Waals surface area contributed by atoms with Gasteiger partial charge in [-0.3, -0.25) is 0 Å². The van der Waals surface area contributed by atoms with E-state index in [1.165, 1.54) is 10.7 Å². The van der Waals surface area contributed by atoms with Gasteiger partial charge in [-0.15, -0.1) is 5.10 Å². The lowest BCUT2D eigenvalue weighted by Crippen LogP contribution is -2.03. The molecule has 0 saturated heterocycles. The number of nitrogens with zero attached hydrogens (tertiary/aromatic N) is 4. The molecule has 0 radical (unpaired) electrons. The molecule has 1 aromatic heterocycles. The van der Waals surface area contributed by atoms with Gasteiger partial charge in [0.1, 0.15) is 11.5 Å². The molecule has 3 rings (SSSR count). The Morgan fingerprint density at radius 3 is 2.55 bits per heavy atom. The molecule has 100 valence electrons. The van der Waals surface area contributed by atoms with Crippen molar-refractivity contribution in [3.63, 3.8) is 0 Å². The molecule has 0 bridgehead atoms. The van der Waals surface area contributed by atoms with E-state index in [1.807, 2.05) is 0 Å². The van der Waals surface area contributed by atoms with E-state index < -0.39 is 5.82 Å². The van der Waals surface area contributed by atoms with Gasteiger partial charge in [0, 0.05) is 15.7 Å². The number of nitrogen functional groups attached to an aromatic ring is 1. The van der Waals surface area contributed by atoms with Gasteiger partial charge in [-0.25, -0.2) is 4.39 Å². The lowest BCUT2D eigenvalue weighted by atomic mass is 10.2. The van der Waals surface area contributed by atoms with Crippen molar-refractivity contribution in [2.75, 3.05) is 5.73 Å². The average Bonchev–Trinajstić information content (AvgIpc) is 2.88. The van der Waals surface area contributed by atoms with Crippen LogP contribution in [0, 0.1) is 5.82 Å². The van der Waals surface area contributed by atoms with Crippen LogP contribution in [0.1, 0.15) is 0 Å². The predicted molar refractivity (Wildman–Crippen MR) is 76.7 cm³/mol. The Labute approximate surface area is 122 Å². The van der Waals surface area contributed by atoms with E-state index in [0.29, 0.717) is 16.0 Å². The number of tetrazole rings is 1. The highest BCUT2D eigenvalue weighted by atomic mass is 79.9. The number of hydrogen-bond acceptors (Lipinski definition) is 4. The molecular weight excluding hydrogens is 325 g/mol. The first-order valence-corrected chi connectivity index (χ1v) is 6.55. The van der Waals surface area contributed by atoms with Gasteiger partial charge in [0.15, 0.2) is 5.82 Å². The summed E-state index contributed by atoms with van der Waals surface area (Å²) < 4.78 is 15.9. The third-order valence-corrected chi connectivity index (χ3v) is 3.43.